The Hall–Kier alpha value is -4.72. The minimum atomic E-state index is -1.84. The number of imidazole rings is 1. The zero-order chi connectivity index (χ0) is 33.2. The van der Waals surface area contributed by atoms with Crippen LogP contribution in [-0.2, 0) is 29.5 Å². The molecule has 3 N–H and O–H groups in total. The fraction of sp³-hybridized carbons (Fsp3) is 0.314. The molecule has 0 aliphatic carbocycles. The largest absolute Gasteiger partial charge is 0.390 e. The summed E-state index contributed by atoms with van der Waals surface area (Å²) in [4.78, 5) is 48.4. The molecule has 2 aromatic heterocycles. The molecular formula is C35H37N5O7. The Morgan fingerprint density at radius 3 is 2.02 bits per heavy atom. The van der Waals surface area contributed by atoms with E-state index in [4.69, 9.17) is 19.2 Å². The first kappa shape index (κ1) is 32.2. The summed E-state index contributed by atoms with van der Waals surface area (Å²) < 4.78 is 14.7. The summed E-state index contributed by atoms with van der Waals surface area (Å²) in [5.74, 6) is -2.51. The number of ether oxygens (including phenoxy) is 2. The van der Waals surface area contributed by atoms with E-state index in [9.17, 15) is 14.7 Å². The van der Waals surface area contributed by atoms with E-state index in [1.54, 1.807) is 18.4 Å². The van der Waals surface area contributed by atoms with Gasteiger partial charge in [0.05, 0.1) is 19.5 Å². The number of nitrogens with one attached hydrogen (secondary N) is 2. The van der Waals surface area contributed by atoms with E-state index in [1.165, 1.54) is 20.5 Å². The van der Waals surface area contributed by atoms with Crippen LogP contribution in [0.3, 0.4) is 0 Å². The quantitative estimate of drug-likeness (QED) is 0.0831. The molecule has 1 saturated heterocycles. The molecule has 1 amide bonds. The van der Waals surface area contributed by atoms with Crippen molar-refractivity contribution in [2.24, 2.45) is 5.92 Å². The second-order valence-electron chi connectivity index (χ2n) is 11.7. The van der Waals surface area contributed by atoms with Crippen molar-refractivity contribution in [2.75, 3.05) is 19.5 Å². The summed E-state index contributed by atoms with van der Waals surface area (Å²) >= 11 is 0. The number of hydrogen-bond donors (Lipinski definition) is 3. The topological polar surface area (TPSA) is 150 Å². The molecule has 1 fully saturated rings. The van der Waals surface area contributed by atoms with Crippen molar-refractivity contribution in [3.05, 3.63) is 124 Å². The highest BCUT2D eigenvalue weighted by Crippen LogP contribution is 2.54. The predicted octanol–water partition coefficient (Wildman–Crippen LogP) is 4.32. The van der Waals surface area contributed by atoms with E-state index < -0.39 is 35.2 Å². The number of carbonyl (C=O) groups is 1. The van der Waals surface area contributed by atoms with E-state index in [0.29, 0.717) is 0 Å². The van der Waals surface area contributed by atoms with Gasteiger partial charge in [-0.3, -0.25) is 24.5 Å². The van der Waals surface area contributed by atoms with Crippen LogP contribution in [0.25, 0.3) is 11.2 Å². The summed E-state index contributed by atoms with van der Waals surface area (Å²) in [6.45, 7) is 3.46. The third-order valence-electron chi connectivity index (χ3n) is 8.63. The second kappa shape index (κ2) is 13.2. The monoisotopic (exact) mass is 639 g/mol. The lowest BCUT2D eigenvalue weighted by atomic mass is 9.61. The smallest absolute Gasteiger partial charge is 0.280 e. The number of amides is 1. The van der Waals surface area contributed by atoms with Gasteiger partial charge in [-0.1, -0.05) is 105 Å². The number of nitrogens with zero attached hydrogens (tertiary/aromatic N) is 3. The predicted molar refractivity (Wildman–Crippen MR) is 173 cm³/mol. The van der Waals surface area contributed by atoms with Gasteiger partial charge in [-0.25, -0.2) is 9.87 Å². The fourth-order valence-corrected chi connectivity index (χ4v) is 6.54. The number of methoxy groups -OCH3 is 1. The first-order valence-electron chi connectivity index (χ1n) is 15.3. The molecule has 3 aromatic carbocycles. The van der Waals surface area contributed by atoms with E-state index >= 15 is 0 Å². The zero-order valence-corrected chi connectivity index (χ0v) is 26.5. The van der Waals surface area contributed by atoms with Crippen LogP contribution < -0.4 is 10.9 Å². The Labute approximate surface area is 271 Å². The molecule has 5 aromatic rings. The van der Waals surface area contributed by atoms with E-state index in [-0.39, 0.29) is 35.4 Å². The van der Waals surface area contributed by atoms with Crippen LogP contribution in [0.2, 0.25) is 0 Å². The van der Waals surface area contributed by atoms with Crippen LogP contribution in [-0.4, -0.2) is 62.7 Å². The zero-order valence-electron chi connectivity index (χ0n) is 26.5. The molecule has 1 aliphatic heterocycles. The normalized spacial score (nSPS) is 19.6. The minimum absolute atomic E-state index is 0.0248. The molecule has 0 spiro atoms. The second-order valence-corrected chi connectivity index (χ2v) is 11.7. The first-order chi connectivity index (χ1) is 22.8. The van der Waals surface area contributed by atoms with Crippen molar-refractivity contribution in [1.82, 2.24) is 19.5 Å². The van der Waals surface area contributed by atoms with Crippen LogP contribution >= 0.6 is 0 Å². The molecule has 1 unspecified atom stereocenters. The molecule has 12 nitrogen and oxygen atoms in total. The maximum Gasteiger partial charge on any atom is 0.280 e. The molecule has 244 valence electrons. The molecule has 0 bridgehead atoms. The van der Waals surface area contributed by atoms with Gasteiger partial charge in [-0.15, -0.1) is 0 Å². The SMILES string of the molecule is COOC(OC)([C@H]1O[C@@H](n2cnc3c(=O)[nH]c(NC(=O)C(C)C)nc32)C[C@@H]1O)C(c1ccccc1)(c1ccccc1)c1ccccc1. The van der Waals surface area contributed by atoms with Crippen molar-refractivity contribution in [3.8, 4) is 0 Å². The maximum atomic E-state index is 12.9. The van der Waals surface area contributed by atoms with Crippen molar-refractivity contribution < 1.29 is 29.1 Å². The molecule has 6 rings (SSSR count). The van der Waals surface area contributed by atoms with Gasteiger partial charge < -0.3 is 14.6 Å². The van der Waals surface area contributed by atoms with Gasteiger partial charge in [0.25, 0.3) is 5.56 Å². The number of anilines is 1. The van der Waals surface area contributed by atoms with E-state index in [0.717, 1.165) is 16.7 Å². The summed E-state index contributed by atoms with van der Waals surface area (Å²) in [6.07, 6.45) is -1.71. The number of carbonyl (C=O) groups excluding carboxylic acids is 1. The Bertz CT molecular complexity index is 1780. The van der Waals surface area contributed by atoms with Crippen LogP contribution in [0.4, 0.5) is 5.95 Å². The van der Waals surface area contributed by atoms with Gasteiger partial charge in [0, 0.05) is 19.4 Å². The number of aromatic nitrogens is 4. The average Bonchev–Trinajstić information content (AvgIpc) is 3.70. The van der Waals surface area contributed by atoms with E-state index in [2.05, 4.69) is 20.3 Å². The van der Waals surface area contributed by atoms with Crippen LogP contribution in [0.15, 0.2) is 102 Å². The van der Waals surface area contributed by atoms with Crippen molar-refractivity contribution in [1.29, 1.82) is 0 Å². The summed E-state index contributed by atoms with van der Waals surface area (Å²) in [5, 5.41) is 14.5. The number of rotatable bonds is 11. The molecule has 1 aliphatic rings. The highest BCUT2D eigenvalue weighted by atomic mass is 17.2. The highest BCUT2D eigenvalue weighted by Gasteiger charge is 2.66. The van der Waals surface area contributed by atoms with Gasteiger partial charge in [0.2, 0.25) is 17.6 Å². The molecule has 0 saturated carbocycles. The fourth-order valence-electron chi connectivity index (χ4n) is 6.54. The number of H-pyrrole nitrogens is 1. The molecule has 3 heterocycles. The summed E-state index contributed by atoms with van der Waals surface area (Å²) in [5.41, 5.74) is 0.803. The number of hydrogen-bond acceptors (Lipinski definition) is 9. The molecule has 4 atom stereocenters. The Balaban J connectivity index is 1.53. The molecule has 47 heavy (non-hydrogen) atoms. The lowest BCUT2D eigenvalue weighted by Crippen LogP contribution is -2.65. The minimum Gasteiger partial charge on any atom is -0.390 e. The standard InChI is InChI=1S/C35H37N5O7/c1-22(2)31(42)38-33-37-30-28(32(43)39-33)36-21-40(30)27-20-26(41)29(46-27)35(44-3,47-45-4)34(23-14-8-5-9-15-23,24-16-10-6-11-17-24)25-18-12-7-13-19-25/h5-19,21-22,26-27,29,41H,20H2,1-4H3,(H2,37,38,39,42,43)/t26-,27+,29-,35?/m0/s1. The van der Waals surface area contributed by atoms with Crippen molar-refractivity contribution in [3.63, 3.8) is 0 Å². The van der Waals surface area contributed by atoms with Crippen molar-refractivity contribution in [2.45, 2.75) is 49.9 Å². The summed E-state index contributed by atoms with van der Waals surface area (Å²) in [6, 6.07) is 29.1. The van der Waals surface area contributed by atoms with Crippen LogP contribution in [0.1, 0.15) is 43.2 Å². The summed E-state index contributed by atoms with van der Waals surface area (Å²) in [7, 11) is 2.87. The third-order valence-corrected chi connectivity index (χ3v) is 8.63. The van der Waals surface area contributed by atoms with Crippen LogP contribution in [0.5, 0.6) is 0 Å². The molecular weight excluding hydrogens is 602 g/mol. The average molecular weight is 640 g/mol. The van der Waals surface area contributed by atoms with Crippen LogP contribution in [0, 0.1) is 5.92 Å². The van der Waals surface area contributed by atoms with Gasteiger partial charge in [-0.05, 0) is 16.7 Å². The third kappa shape index (κ3) is 5.43. The van der Waals surface area contributed by atoms with Crippen molar-refractivity contribution >= 4 is 23.0 Å². The van der Waals surface area contributed by atoms with E-state index in [1.807, 2.05) is 91.0 Å². The number of benzene rings is 3. The van der Waals surface area contributed by atoms with Gasteiger partial charge in [0.1, 0.15) is 17.7 Å². The van der Waals surface area contributed by atoms with Gasteiger partial charge >= 0.3 is 0 Å². The van der Waals surface area contributed by atoms with Gasteiger partial charge in [0.15, 0.2) is 11.2 Å². The Morgan fingerprint density at radius 1 is 0.979 bits per heavy atom. The lowest BCUT2D eigenvalue weighted by Gasteiger charge is -2.51. The number of aromatic amines is 1. The Morgan fingerprint density at radius 2 is 1.53 bits per heavy atom. The van der Waals surface area contributed by atoms with Gasteiger partial charge in [-0.2, -0.15) is 9.87 Å². The number of fused-ring (bicyclic) bond motifs is 1. The first-order valence-corrected chi connectivity index (χ1v) is 15.3. The Kier molecular flexibility index (Phi) is 9.04. The number of aliphatic hydroxyl groups excluding tert-OH is 1. The molecule has 0 radical (unpaired) electrons. The number of aliphatic hydroxyl groups is 1. The highest BCUT2D eigenvalue weighted by molar-refractivity contribution is 5.91. The maximum absolute atomic E-state index is 12.9. The lowest BCUT2D eigenvalue weighted by molar-refractivity contribution is -0.452. The molecule has 12 heteroatoms.